The van der Waals surface area contributed by atoms with Crippen LogP contribution >= 0.6 is 0 Å². The minimum Gasteiger partial charge on any atom is -0.507 e. The number of phenols is 1. The fourth-order valence-corrected chi connectivity index (χ4v) is 1.89. The van der Waals surface area contributed by atoms with Crippen molar-refractivity contribution in [1.29, 1.82) is 0 Å². The Kier molecular flexibility index (Phi) is 3.81. The van der Waals surface area contributed by atoms with Gasteiger partial charge in [0, 0.05) is 6.42 Å². The summed E-state index contributed by atoms with van der Waals surface area (Å²) in [6.07, 6.45) is 0.416. The molecule has 1 aromatic rings. The van der Waals surface area contributed by atoms with E-state index in [0.717, 1.165) is 16.7 Å². The third-order valence-corrected chi connectivity index (χ3v) is 2.91. The Morgan fingerprint density at radius 3 is 2.35 bits per heavy atom. The molecule has 3 nitrogen and oxygen atoms in total. The fraction of sp³-hybridized carbons (Fsp3) is 0.500. The van der Waals surface area contributed by atoms with Gasteiger partial charge in [-0.2, -0.15) is 0 Å². The van der Waals surface area contributed by atoms with Crippen molar-refractivity contribution in [3.05, 3.63) is 28.8 Å². The standard InChI is InChI=1S/C14H20O3/c1-9-5-7-11(14(2,3)4)13(17)10(9)6-8-12(15)16/h5,7,17H,6,8H2,1-4H3,(H,15,16). The molecule has 0 amide bonds. The summed E-state index contributed by atoms with van der Waals surface area (Å²) < 4.78 is 0. The van der Waals surface area contributed by atoms with Crippen LogP contribution in [0.15, 0.2) is 12.1 Å². The SMILES string of the molecule is Cc1ccc(C(C)(C)C)c(O)c1CCC(=O)O. The van der Waals surface area contributed by atoms with Gasteiger partial charge in [0.1, 0.15) is 5.75 Å². The van der Waals surface area contributed by atoms with Crippen LogP contribution in [-0.4, -0.2) is 16.2 Å². The largest absolute Gasteiger partial charge is 0.507 e. The van der Waals surface area contributed by atoms with E-state index in [9.17, 15) is 9.90 Å². The maximum absolute atomic E-state index is 10.6. The summed E-state index contributed by atoms with van der Waals surface area (Å²) in [5, 5.41) is 18.9. The lowest BCUT2D eigenvalue weighted by Gasteiger charge is -2.23. The van der Waals surface area contributed by atoms with Crippen LogP contribution in [0.1, 0.15) is 43.9 Å². The van der Waals surface area contributed by atoms with Gasteiger partial charge in [-0.15, -0.1) is 0 Å². The van der Waals surface area contributed by atoms with Crippen molar-refractivity contribution < 1.29 is 15.0 Å². The quantitative estimate of drug-likeness (QED) is 0.848. The third-order valence-electron chi connectivity index (χ3n) is 2.91. The molecule has 0 atom stereocenters. The second-order valence-electron chi connectivity index (χ2n) is 5.40. The summed E-state index contributed by atoms with van der Waals surface area (Å²) in [5.41, 5.74) is 2.41. The monoisotopic (exact) mass is 236 g/mol. The van der Waals surface area contributed by atoms with Gasteiger partial charge in [-0.3, -0.25) is 4.79 Å². The molecule has 0 aliphatic heterocycles. The van der Waals surface area contributed by atoms with Crippen molar-refractivity contribution in [3.8, 4) is 5.75 Å². The molecular weight excluding hydrogens is 216 g/mol. The minimum atomic E-state index is -0.843. The summed E-state index contributed by atoms with van der Waals surface area (Å²) in [6, 6.07) is 3.85. The van der Waals surface area contributed by atoms with E-state index in [0.29, 0.717) is 6.42 Å². The van der Waals surface area contributed by atoms with E-state index in [1.807, 2.05) is 39.8 Å². The lowest BCUT2D eigenvalue weighted by Crippen LogP contribution is -2.13. The van der Waals surface area contributed by atoms with E-state index in [2.05, 4.69) is 0 Å². The zero-order valence-corrected chi connectivity index (χ0v) is 10.9. The number of aromatic hydroxyl groups is 1. The highest BCUT2D eigenvalue weighted by Crippen LogP contribution is 2.35. The van der Waals surface area contributed by atoms with Gasteiger partial charge in [0.05, 0.1) is 0 Å². The number of phenolic OH excluding ortho intramolecular Hbond substituents is 1. The average molecular weight is 236 g/mol. The number of carboxylic acids is 1. The Hall–Kier alpha value is -1.51. The van der Waals surface area contributed by atoms with E-state index in [-0.39, 0.29) is 17.6 Å². The Balaban J connectivity index is 3.16. The fourth-order valence-electron chi connectivity index (χ4n) is 1.89. The Labute approximate surface area is 102 Å². The molecule has 0 saturated heterocycles. The van der Waals surface area contributed by atoms with Crippen molar-refractivity contribution in [2.75, 3.05) is 0 Å². The molecule has 94 valence electrons. The van der Waals surface area contributed by atoms with Crippen molar-refractivity contribution in [3.63, 3.8) is 0 Å². The zero-order valence-electron chi connectivity index (χ0n) is 10.9. The molecule has 0 bridgehead atoms. The normalized spacial score (nSPS) is 11.5. The average Bonchev–Trinajstić information content (AvgIpc) is 2.14. The Morgan fingerprint density at radius 2 is 1.88 bits per heavy atom. The maximum atomic E-state index is 10.6. The van der Waals surface area contributed by atoms with Crippen molar-refractivity contribution >= 4 is 5.97 Å². The van der Waals surface area contributed by atoms with Crippen LogP contribution in [-0.2, 0) is 16.6 Å². The molecule has 0 saturated carbocycles. The van der Waals surface area contributed by atoms with Crippen LogP contribution in [0.2, 0.25) is 0 Å². The lowest BCUT2D eigenvalue weighted by molar-refractivity contribution is -0.136. The molecule has 0 aromatic heterocycles. The predicted octanol–water partition coefficient (Wildman–Crippen LogP) is 3.02. The van der Waals surface area contributed by atoms with Gasteiger partial charge in [0.2, 0.25) is 0 Å². The van der Waals surface area contributed by atoms with Crippen molar-refractivity contribution in [2.24, 2.45) is 0 Å². The number of carboxylic acid groups (broad SMARTS) is 1. The van der Waals surface area contributed by atoms with Crippen LogP contribution in [0.3, 0.4) is 0 Å². The highest BCUT2D eigenvalue weighted by Gasteiger charge is 2.21. The third kappa shape index (κ3) is 3.22. The van der Waals surface area contributed by atoms with Crippen LogP contribution in [0.4, 0.5) is 0 Å². The van der Waals surface area contributed by atoms with E-state index in [1.165, 1.54) is 0 Å². The number of aryl methyl sites for hydroxylation is 1. The second kappa shape index (κ2) is 4.78. The smallest absolute Gasteiger partial charge is 0.303 e. The van der Waals surface area contributed by atoms with Crippen LogP contribution < -0.4 is 0 Å². The predicted molar refractivity (Wildman–Crippen MR) is 67.5 cm³/mol. The topological polar surface area (TPSA) is 57.5 Å². The van der Waals surface area contributed by atoms with E-state index in [4.69, 9.17) is 5.11 Å². The van der Waals surface area contributed by atoms with Gasteiger partial charge in [-0.1, -0.05) is 32.9 Å². The van der Waals surface area contributed by atoms with Crippen molar-refractivity contribution in [1.82, 2.24) is 0 Å². The van der Waals surface area contributed by atoms with E-state index < -0.39 is 5.97 Å². The number of benzene rings is 1. The summed E-state index contributed by atoms with van der Waals surface area (Å²) in [5.74, 6) is -0.594. The molecule has 0 aliphatic carbocycles. The Morgan fingerprint density at radius 1 is 1.29 bits per heavy atom. The number of aliphatic carboxylic acids is 1. The van der Waals surface area contributed by atoms with Gasteiger partial charge >= 0.3 is 5.97 Å². The number of hydrogen-bond acceptors (Lipinski definition) is 2. The summed E-state index contributed by atoms with van der Waals surface area (Å²) in [4.78, 5) is 10.6. The molecule has 0 fully saturated rings. The van der Waals surface area contributed by atoms with Crippen LogP contribution in [0.25, 0.3) is 0 Å². The number of rotatable bonds is 3. The van der Waals surface area contributed by atoms with E-state index >= 15 is 0 Å². The summed E-state index contributed by atoms with van der Waals surface area (Å²) in [7, 11) is 0. The maximum Gasteiger partial charge on any atom is 0.303 e. The van der Waals surface area contributed by atoms with Crippen LogP contribution in [0.5, 0.6) is 5.75 Å². The molecule has 0 spiro atoms. The minimum absolute atomic E-state index is 0.0436. The molecule has 0 heterocycles. The molecule has 17 heavy (non-hydrogen) atoms. The lowest BCUT2D eigenvalue weighted by atomic mass is 9.83. The molecule has 0 radical (unpaired) electrons. The van der Waals surface area contributed by atoms with Gasteiger partial charge in [0.25, 0.3) is 0 Å². The van der Waals surface area contributed by atoms with Gasteiger partial charge < -0.3 is 10.2 Å². The molecule has 2 N–H and O–H groups in total. The molecular formula is C14H20O3. The molecule has 0 unspecified atom stereocenters. The highest BCUT2D eigenvalue weighted by atomic mass is 16.4. The van der Waals surface area contributed by atoms with E-state index in [1.54, 1.807) is 0 Å². The Bertz CT molecular complexity index is 428. The highest BCUT2D eigenvalue weighted by molar-refractivity contribution is 5.67. The van der Waals surface area contributed by atoms with Crippen molar-refractivity contribution in [2.45, 2.75) is 46.0 Å². The number of hydrogen-bond donors (Lipinski definition) is 2. The first-order chi connectivity index (χ1) is 7.73. The van der Waals surface area contributed by atoms with Gasteiger partial charge in [-0.25, -0.2) is 0 Å². The second-order valence-corrected chi connectivity index (χ2v) is 5.40. The first-order valence-corrected chi connectivity index (χ1v) is 5.77. The van der Waals surface area contributed by atoms with Crippen LogP contribution in [0, 0.1) is 6.92 Å². The van der Waals surface area contributed by atoms with Gasteiger partial charge in [-0.05, 0) is 35.4 Å². The van der Waals surface area contributed by atoms with Gasteiger partial charge in [0.15, 0.2) is 0 Å². The molecule has 0 aliphatic rings. The molecule has 1 aromatic carbocycles. The molecule has 1 rings (SSSR count). The summed E-state index contributed by atoms with van der Waals surface area (Å²) >= 11 is 0. The zero-order chi connectivity index (χ0) is 13.2. The number of carbonyl (C=O) groups is 1. The molecule has 3 heteroatoms. The first kappa shape index (κ1) is 13.6. The first-order valence-electron chi connectivity index (χ1n) is 5.77. The summed E-state index contributed by atoms with van der Waals surface area (Å²) in [6.45, 7) is 7.97.